The van der Waals surface area contributed by atoms with Gasteiger partial charge in [-0.3, -0.25) is 0 Å². The van der Waals surface area contributed by atoms with E-state index in [0.717, 1.165) is 10.9 Å². The van der Waals surface area contributed by atoms with Crippen molar-refractivity contribution in [3.8, 4) is 22.3 Å². The number of thioether (sulfide) groups is 1. The molecule has 2 heterocycles. The van der Waals surface area contributed by atoms with Crippen LogP contribution in [0.1, 0.15) is 49.9 Å². The molecule has 2 aliphatic heterocycles. The van der Waals surface area contributed by atoms with Crippen LogP contribution < -0.4 is 10.1 Å². The highest BCUT2D eigenvalue weighted by molar-refractivity contribution is 8.05. The fourth-order valence-corrected chi connectivity index (χ4v) is 16.7. The molecule has 0 unspecified atom stereocenters. The van der Waals surface area contributed by atoms with Crippen LogP contribution >= 0.6 is 35.3 Å². The predicted molar refractivity (Wildman–Crippen MR) is 264 cm³/mol. The zero-order chi connectivity index (χ0) is 41.1. The molecule has 0 fully saturated rings. The standard InChI is InChI=1S/C55H47NS3Si/c1-34-16-9-8-14-31-60(6,7)49-30-28-42-51(53(49)57-34)40-26-24-37(33-44(40)55(42,4)5)56(45-20-15-18-35-17-10-11-19-38(35)45)36-23-25-39-43(32-36)54(2,3)41-27-29-48-52(50(39)41)59-47-22-13-12-21-46(47)58-48/h8-30,32-33H,1,31H2,2-7H3/b14-8-,16-9-. The first-order valence-electron chi connectivity index (χ1n) is 21.0. The number of nitrogens with zero attached hydrogens (tertiary/aromatic N) is 1. The lowest BCUT2D eigenvalue weighted by Crippen LogP contribution is -2.42. The van der Waals surface area contributed by atoms with Gasteiger partial charge in [-0.2, -0.15) is 0 Å². The van der Waals surface area contributed by atoms with Gasteiger partial charge >= 0.3 is 0 Å². The van der Waals surface area contributed by atoms with Crippen LogP contribution in [0.25, 0.3) is 33.0 Å². The van der Waals surface area contributed by atoms with Gasteiger partial charge in [-0.15, -0.1) is 0 Å². The Morgan fingerprint density at radius 3 is 1.90 bits per heavy atom. The molecule has 0 atom stereocenters. The highest BCUT2D eigenvalue weighted by Crippen LogP contribution is 2.60. The highest BCUT2D eigenvalue weighted by atomic mass is 32.2. The Bertz CT molecular complexity index is 3050. The van der Waals surface area contributed by atoms with Crippen molar-refractivity contribution in [2.75, 3.05) is 4.90 Å². The van der Waals surface area contributed by atoms with Crippen LogP contribution in [0.2, 0.25) is 19.1 Å². The van der Waals surface area contributed by atoms with Gasteiger partial charge in [0.1, 0.15) is 0 Å². The summed E-state index contributed by atoms with van der Waals surface area (Å²) in [7, 11) is -1.79. The Morgan fingerprint density at radius 1 is 0.567 bits per heavy atom. The van der Waals surface area contributed by atoms with Crippen LogP contribution in [0, 0.1) is 0 Å². The van der Waals surface area contributed by atoms with Gasteiger partial charge in [-0.05, 0) is 110 Å². The van der Waals surface area contributed by atoms with E-state index in [-0.39, 0.29) is 10.8 Å². The summed E-state index contributed by atoms with van der Waals surface area (Å²) in [6, 6.07) is 49.8. The maximum Gasteiger partial charge on any atom is 0.0858 e. The summed E-state index contributed by atoms with van der Waals surface area (Å²) < 4.78 is 0. The third kappa shape index (κ3) is 5.76. The van der Waals surface area contributed by atoms with E-state index >= 15 is 0 Å². The molecule has 60 heavy (non-hydrogen) atoms. The Morgan fingerprint density at radius 2 is 1.18 bits per heavy atom. The Kier molecular flexibility index (Phi) is 8.75. The molecule has 0 N–H and O–H groups in total. The van der Waals surface area contributed by atoms with Crippen molar-refractivity contribution in [1.29, 1.82) is 0 Å². The van der Waals surface area contributed by atoms with Crippen LogP contribution in [0.4, 0.5) is 17.1 Å². The average Bonchev–Trinajstić information content (AvgIpc) is 3.62. The second kappa shape index (κ2) is 13.8. The third-order valence-corrected chi connectivity index (χ3v) is 20.4. The fourth-order valence-electron chi connectivity index (χ4n) is 10.2. The summed E-state index contributed by atoms with van der Waals surface area (Å²) in [6.07, 6.45) is 8.88. The van der Waals surface area contributed by atoms with E-state index in [9.17, 15) is 0 Å². The molecule has 7 aromatic rings. The number of fused-ring (bicyclic) bond motifs is 12. The molecule has 5 heteroatoms. The summed E-state index contributed by atoms with van der Waals surface area (Å²) in [5.74, 6) is 0. The lowest BCUT2D eigenvalue weighted by Gasteiger charge is -2.30. The maximum absolute atomic E-state index is 4.51. The summed E-state index contributed by atoms with van der Waals surface area (Å²) in [6.45, 7) is 19.2. The molecule has 0 bridgehead atoms. The minimum atomic E-state index is -1.79. The first-order valence-corrected chi connectivity index (χ1v) is 26.7. The molecule has 1 nitrogen and oxygen atoms in total. The molecular formula is C55H47NS3Si. The topological polar surface area (TPSA) is 3.24 Å². The van der Waals surface area contributed by atoms with Gasteiger partial charge in [0.25, 0.3) is 0 Å². The van der Waals surface area contributed by atoms with Crippen LogP contribution in [-0.2, 0) is 10.8 Å². The van der Waals surface area contributed by atoms with Crippen molar-refractivity contribution in [2.45, 2.75) is 82.1 Å². The summed E-state index contributed by atoms with van der Waals surface area (Å²) in [4.78, 5) is 10.4. The van der Waals surface area contributed by atoms with Gasteiger partial charge in [0.15, 0.2) is 0 Å². The number of benzene rings is 7. The highest BCUT2D eigenvalue weighted by Gasteiger charge is 2.42. The van der Waals surface area contributed by atoms with Crippen molar-refractivity contribution < 1.29 is 0 Å². The zero-order valence-corrected chi connectivity index (χ0v) is 38.5. The van der Waals surface area contributed by atoms with E-state index in [1.54, 1.807) is 0 Å². The first kappa shape index (κ1) is 38.0. The molecule has 2 aliphatic carbocycles. The molecule has 0 amide bonds. The molecule has 7 aromatic carbocycles. The molecule has 0 saturated carbocycles. The Labute approximate surface area is 368 Å². The smallest absolute Gasteiger partial charge is 0.0858 e. The van der Waals surface area contributed by atoms with Gasteiger partial charge in [-0.25, -0.2) is 0 Å². The summed E-state index contributed by atoms with van der Waals surface area (Å²) in [5, 5.41) is 4.01. The van der Waals surface area contributed by atoms with Gasteiger partial charge in [0.05, 0.1) is 13.8 Å². The van der Waals surface area contributed by atoms with Gasteiger partial charge in [0.2, 0.25) is 0 Å². The van der Waals surface area contributed by atoms with Crippen molar-refractivity contribution >= 4 is 76.4 Å². The van der Waals surface area contributed by atoms with Crippen LogP contribution in [0.5, 0.6) is 0 Å². The Balaban J connectivity index is 1.09. The molecule has 294 valence electrons. The van der Waals surface area contributed by atoms with E-state index in [2.05, 4.69) is 204 Å². The number of anilines is 3. The third-order valence-electron chi connectivity index (χ3n) is 13.4. The normalized spacial score (nSPS) is 18.3. The van der Waals surface area contributed by atoms with Crippen LogP contribution in [0.3, 0.4) is 0 Å². The minimum absolute atomic E-state index is 0.164. The monoisotopic (exact) mass is 845 g/mol. The average molecular weight is 846 g/mol. The number of hydrogen-bond donors (Lipinski definition) is 0. The van der Waals surface area contributed by atoms with Gasteiger partial charge < -0.3 is 4.90 Å². The summed E-state index contributed by atoms with van der Waals surface area (Å²) in [5.41, 5.74) is 14.3. The molecule has 0 radical (unpaired) electrons. The van der Waals surface area contributed by atoms with E-state index in [1.165, 1.54) is 102 Å². The molecule has 4 aliphatic rings. The van der Waals surface area contributed by atoms with Crippen LogP contribution in [-0.4, -0.2) is 8.07 Å². The van der Waals surface area contributed by atoms with Crippen molar-refractivity contribution in [3.05, 3.63) is 185 Å². The number of hydrogen-bond acceptors (Lipinski definition) is 4. The molecule has 0 saturated heterocycles. The second-order valence-electron chi connectivity index (χ2n) is 18.3. The van der Waals surface area contributed by atoms with Gasteiger partial charge in [-0.1, -0.05) is 180 Å². The maximum atomic E-state index is 4.51. The first-order chi connectivity index (χ1) is 28.9. The minimum Gasteiger partial charge on any atom is -0.310 e. The number of rotatable bonds is 3. The fraction of sp³-hybridized carbons (Fsp3) is 0.164. The van der Waals surface area contributed by atoms with E-state index in [0.29, 0.717) is 0 Å². The predicted octanol–water partition coefficient (Wildman–Crippen LogP) is 16.2. The largest absolute Gasteiger partial charge is 0.310 e. The molecular weight excluding hydrogens is 799 g/mol. The zero-order valence-electron chi connectivity index (χ0n) is 35.0. The lowest BCUT2D eigenvalue weighted by atomic mass is 9.82. The number of allylic oxidation sites excluding steroid dienone is 4. The summed E-state index contributed by atoms with van der Waals surface area (Å²) >= 11 is 5.70. The SMILES string of the molecule is C=C1/C=C\C=C/C[Si](C)(C)c2ccc3c(c2S1)-c1ccc(N(c2ccc4c(c2)C(C)(C)c2ccc5c(c2-4)Sc2ccccc2S5)c2cccc4ccccc24)cc1C3(C)C. The molecule has 11 rings (SSSR count). The lowest BCUT2D eigenvalue weighted by molar-refractivity contribution is 0.658. The molecule has 0 aromatic heterocycles. The second-order valence-corrected chi connectivity index (χ2v) is 26.3. The van der Waals surface area contributed by atoms with Crippen molar-refractivity contribution in [3.63, 3.8) is 0 Å². The van der Waals surface area contributed by atoms with Crippen molar-refractivity contribution in [1.82, 2.24) is 0 Å². The molecule has 0 spiro atoms. The van der Waals surface area contributed by atoms with Crippen molar-refractivity contribution in [2.24, 2.45) is 0 Å². The Hall–Kier alpha value is -4.91. The van der Waals surface area contributed by atoms with E-state index in [4.69, 9.17) is 0 Å². The van der Waals surface area contributed by atoms with Gasteiger partial charge in [0, 0.05) is 62.5 Å². The van der Waals surface area contributed by atoms with E-state index in [1.807, 2.05) is 35.3 Å². The van der Waals surface area contributed by atoms with E-state index < -0.39 is 8.07 Å². The quantitative estimate of drug-likeness (QED) is 0.163. The van der Waals surface area contributed by atoms with Crippen LogP contribution in [0.15, 0.2) is 188 Å².